The summed E-state index contributed by atoms with van der Waals surface area (Å²) in [6, 6.07) is 3.09. The van der Waals surface area contributed by atoms with E-state index in [4.69, 9.17) is 16.3 Å². The molecule has 5 heterocycles. The van der Waals surface area contributed by atoms with Gasteiger partial charge in [-0.05, 0) is 42.7 Å². The number of hydrogen-bond acceptors (Lipinski definition) is 8. The Morgan fingerprint density at radius 2 is 2.00 bits per heavy atom. The van der Waals surface area contributed by atoms with Gasteiger partial charge in [0.1, 0.15) is 34.3 Å². The van der Waals surface area contributed by atoms with E-state index in [1.807, 2.05) is 25.7 Å². The Balaban J connectivity index is 1.72. The fourth-order valence-electron chi connectivity index (χ4n) is 5.73. The number of carbonyl (C=O) groups excluding carboxylic acids is 1. The summed E-state index contributed by atoms with van der Waals surface area (Å²) in [6.45, 7) is 10.2. The first kappa shape index (κ1) is 28.5. The van der Waals surface area contributed by atoms with E-state index in [2.05, 4.69) is 21.5 Å². The zero-order valence-corrected chi connectivity index (χ0v) is 24.3. The number of aryl methyl sites for hydroxylation is 1. The number of halogens is 3. The second kappa shape index (κ2) is 10.6. The number of phenolic OH excluding ortho intramolecular Hbond substituents is 1. The Bertz CT molecular complexity index is 1900. The van der Waals surface area contributed by atoms with Crippen molar-refractivity contribution in [2.24, 2.45) is 0 Å². The predicted molar refractivity (Wildman–Crippen MR) is 157 cm³/mol. The van der Waals surface area contributed by atoms with Crippen molar-refractivity contribution in [1.29, 1.82) is 0 Å². The highest BCUT2D eigenvalue weighted by Crippen LogP contribution is 2.47. The summed E-state index contributed by atoms with van der Waals surface area (Å²) in [5.41, 5.74) is 0.126. The Hall–Kier alpha value is -4.58. The van der Waals surface area contributed by atoms with Crippen LogP contribution in [-0.2, 0) is 4.79 Å². The Morgan fingerprint density at radius 1 is 1.23 bits per heavy atom. The molecule has 6 rings (SSSR count). The van der Waals surface area contributed by atoms with E-state index in [9.17, 15) is 19.1 Å². The van der Waals surface area contributed by atoms with Gasteiger partial charge in [0.05, 0.1) is 23.0 Å². The Kier molecular flexibility index (Phi) is 7.04. The zero-order chi connectivity index (χ0) is 30.7. The molecule has 0 saturated carbocycles. The van der Waals surface area contributed by atoms with Gasteiger partial charge in [-0.2, -0.15) is 4.98 Å². The van der Waals surface area contributed by atoms with Gasteiger partial charge in [0.2, 0.25) is 5.91 Å². The van der Waals surface area contributed by atoms with Crippen LogP contribution in [0.25, 0.3) is 28.0 Å². The number of anilines is 1. The number of phenols is 1. The van der Waals surface area contributed by atoms with Crippen molar-refractivity contribution in [1.82, 2.24) is 24.4 Å². The third kappa shape index (κ3) is 4.48. The Morgan fingerprint density at radius 3 is 2.72 bits per heavy atom. The van der Waals surface area contributed by atoms with Crippen molar-refractivity contribution in [3.8, 4) is 28.4 Å². The fraction of sp³-hybridized carbons (Fsp3) is 0.300. The summed E-state index contributed by atoms with van der Waals surface area (Å²) >= 11 is 6.84. The number of carbonyl (C=O) groups is 1. The molecule has 222 valence electrons. The number of rotatable bonds is 4. The van der Waals surface area contributed by atoms with E-state index >= 15 is 4.39 Å². The number of amides is 1. The van der Waals surface area contributed by atoms with E-state index < -0.39 is 34.7 Å². The van der Waals surface area contributed by atoms with Gasteiger partial charge in [-0.3, -0.25) is 9.78 Å². The highest BCUT2D eigenvalue weighted by atomic mass is 35.5. The minimum Gasteiger partial charge on any atom is -0.507 e. The smallest absolute Gasteiger partial charge is 0.355 e. The number of hydrogen-bond donors (Lipinski definition) is 1. The number of nitrogens with zero attached hydrogens (tertiary/aromatic N) is 6. The average molecular weight is 609 g/mol. The van der Waals surface area contributed by atoms with Gasteiger partial charge in [-0.1, -0.05) is 32.0 Å². The first-order valence-corrected chi connectivity index (χ1v) is 14.0. The molecule has 1 atom stereocenters. The van der Waals surface area contributed by atoms with E-state index in [0.29, 0.717) is 30.0 Å². The molecule has 2 aliphatic rings. The fourth-order valence-corrected chi connectivity index (χ4v) is 6.01. The average Bonchev–Trinajstić information content (AvgIpc) is 3.14. The molecule has 0 spiro atoms. The maximum atomic E-state index is 15.2. The van der Waals surface area contributed by atoms with E-state index in [1.165, 1.54) is 10.6 Å². The van der Waals surface area contributed by atoms with Crippen molar-refractivity contribution < 1.29 is 23.4 Å². The van der Waals surface area contributed by atoms with Gasteiger partial charge >= 0.3 is 5.69 Å². The molecule has 0 aliphatic carbocycles. The third-order valence-corrected chi connectivity index (χ3v) is 8.15. The van der Waals surface area contributed by atoms with E-state index in [-0.39, 0.29) is 58.3 Å². The van der Waals surface area contributed by atoms with Crippen LogP contribution >= 0.6 is 11.6 Å². The van der Waals surface area contributed by atoms with E-state index in [0.717, 1.165) is 12.1 Å². The molecule has 4 aromatic rings. The van der Waals surface area contributed by atoms with Gasteiger partial charge in [0.25, 0.3) is 0 Å². The zero-order valence-electron chi connectivity index (χ0n) is 23.6. The Labute approximate surface area is 249 Å². The van der Waals surface area contributed by atoms with Crippen LogP contribution in [0.15, 0.2) is 41.8 Å². The summed E-state index contributed by atoms with van der Waals surface area (Å²) in [5, 5.41) is 10.7. The molecule has 13 heteroatoms. The molecular formula is C30H27ClF2N6O4. The summed E-state index contributed by atoms with van der Waals surface area (Å²) < 4.78 is 37.2. The van der Waals surface area contributed by atoms with E-state index in [1.54, 1.807) is 17.2 Å². The molecule has 10 nitrogen and oxygen atoms in total. The quantitative estimate of drug-likeness (QED) is 0.337. The molecular weight excluding hydrogens is 582 g/mol. The molecule has 43 heavy (non-hydrogen) atoms. The lowest BCUT2D eigenvalue weighted by Gasteiger charge is -2.40. The van der Waals surface area contributed by atoms with Crippen molar-refractivity contribution in [3.63, 3.8) is 0 Å². The van der Waals surface area contributed by atoms with Crippen LogP contribution in [0.4, 0.5) is 14.6 Å². The van der Waals surface area contributed by atoms with Crippen LogP contribution in [-0.4, -0.2) is 67.7 Å². The largest absolute Gasteiger partial charge is 0.507 e. The van der Waals surface area contributed by atoms with Crippen molar-refractivity contribution >= 4 is 34.4 Å². The molecule has 0 bridgehead atoms. The number of aromatic hydroxyl groups is 1. The standard InChI is InChI=1S/C30H27ClF2N6O4/c1-5-19(41)37-10-11-38-16(12-37)13-43-27-21-28(38)36-30(42)39(26-15(4)8-9-34-24(26)14(2)3)29(21)35-25(22(27)31)20-18(40)7-6-17(32)23(20)33/h5-9,14,16,40H,1,10-13H2,2-4H3/t16-/m0/s1. The number of piperazine rings is 1. The van der Waals surface area contributed by atoms with Crippen molar-refractivity contribution in [2.45, 2.75) is 32.7 Å². The lowest BCUT2D eigenvalue weighted by molar-refractivity contribution is -0.126. The maximum Gasteiger partial charge on any atom is 0.355 e. The second-order valence-corrected chi connectivity index (χ2v) is 11.2. The normalized spacial score (nSPS) is 16.2. The molecule has 1 aromatic carbocycles. The highest BCUT2D eigenvalue weighted by Gasteiger charge is 2.38. The van der Waals surface area contributed by atoms with Crippen LogP contribution in [0.3, 0.4) is 0 Å². The monoisotopic (exact) mass is 608 g/mol. The van der Waals surface area contributed by atoms with Gasteiger partial charge in [0.15, 0.2) is 23.0 Å². The summed E-state index contributed by atoms with van der Waals surface area (Å²) in [5.74, 6) is -3.29. The molecule has 2 aliphatic heterocycles. The van der Waals surface area contributed by atoms with Crippen molar-refractivity contribution in [2.75, 3.05) is 31.1 Å². The molecule has 1 saturated heterocycles. The number of pyridine rings is 2. The molecule has 0 unspecified atom stereocenters. The predicted octanol–water partition coefficient (Wildman–Crippen LogP) is 4.51. The first-order valence-electron chi connectivity index (χ1n) is 13.6. The van der Waals surface area contributed by atoms with Gasteiger partial charge < -0.3 is 19.6 Å². The number of benzene rings is 1. The number of ether oxygens (including phenoxy) is 1. The number of fused-ring (bicyclic) bond motifs is 2. The SMILES string of the molecule is C=CC(=O)N1CCN2c3nc(=O)n(-c4c(C)ccnc4C(C)C)c4nc(-c5c(O)ccc(F)c5F)c(Cl)c(c34)OC[C@@H]2C1. The van der Waals surface area contributed by atoms with Crippen LogP contribution in [0.2, 0.25) is 5.02 Å². The maximum absolute atomic E-state index is 15.2. The molecule has 1 fully saturated rings. The molecule has 1 N–H and O–H groups in total. The van der Waals surface area contributed by atoms with Crippen LogP contribution in [0, 0.1) is 18.6 Å². The van der Waals surface area contributed by atoms with Crippen LogP contribution in [0.5, 0.6) is 11.5 Å². The summed E-state index contributed by atoms with van der Waals surface area (Å²) in [4.78, 5) is 43.6. The lowest BCUT2D eigenvalue weighted by Crippen LogP contribution is -2.56. The second-order valence-electron chi connectivity index (χ2n) is 10.8. The molecule has 0 radical (unpaired) electrons. The minimum atomic E-state index is -1.37. The highest BCUT2D eigenvalue weighted by molar-refractivity contribution is 6.36. The lowest BCUT2D eigenvalue weighted by atomic mass is 10.0. The minimum absolute atomic E-state index is 0.00992. The van der Waals surface area contributed by atoms with Crippen molar-refractivity contribution in [3.05, 3.63) is 75.4 Å². The summed E-state index contributed by atoms with van der Waals surface area (Å²) in [6.07, 6.45) is 2.87. The van der Waals surface area contributed by atoms with Crippen LogP contribution in [0.1, 0.15) is 31.0 Å². The first-order chi connectivity index (χ1) is 20.5. The van der Waals surface area contributed by atoms with Gasteiger partial charge in [-0.25, -0.2) is 23.1 Å². The molecule has 1 amide bonds. The molecule has 3 aromatic heterocycles. The topological polar surface area (TPSA) is 114 Å². The third-order valence-electron chi connectivity index (χ3n) is 7.80. The number of aromatic nitrogens is 4. The van der Waals surface area contributed by atoms with Crippen LogP contribution < -0.4 is 15.3 Å². The van der Waals surface area contributed by atoms with Gasteiger partial charge in [-0.15, -0.1) is 0 Å². The van der Waals surface area contributed by atoms with Gasteiger partial charge in [0, 0.05) is 25.8 Å². The summed E-state index contributed by atoms with van der Waals surface area (Å²) in [7, 11) is 0.